The molecule has 4 N–H and O–H groups in total. The van der Waals surface area contributed by atoms with Gasteiger partial charge in [-0.15, -0.1) is 0 Å². The van der Waals surface area contributed by atoms with E-state index >= 15 is 0 Å². The highest BCUT2D eigenvalue weighted by Crippen LogP contribution is 2.24. The van der Waals surface area contributed by atoms with Crippen LogP contribution in [0.15, 0.2) is 4.99 Å². The first-order valence-corrected chi connectivity index (χ1v) is 4.69. The van der Waals surface area contributed by atoms with Gasteiger partial charge in [-0.25, -0.2) is 10.8 Å². The summed E-state index contributed by atoms with van der Waals surface area (Å²) < 4.78 is 0. The first-order chi connectivity index (χ1) is 5.85. The Morgan fingerprint density at radius 2 is 1.92 bits per heavy atom. The zero-order valence-corrected chi connectivity index (χ0v) is 8.94. The molecule has 1 aliphatic rings. The van der Waals surface area contributed by atoms with Crippen molar-refractivity contribution in [2.24, 2.45) is 10.8 Å². The smallest absolute Gasteiger partial charge is 0.206 e. The minimum absolute atomic E-state index is 0.0253. The SMILES string of the molecule is CC1(C)CCC(C)(C)NC(NN)=N1. The molecule has 0 atom stereocenters. The van der Waals surface area contributed by atoms with Crippen LogP contribution in [-0.4, -0.2) is 17.0 Å². The molecule has 76 valence electrons. The van der Waals surface area contributed by atoms with Crippen molar-refractivity contribution >= 4 is 5.96 Å². The van der Waals surface area contributed by atoms with E-state index in [1.807, 2.05) is 0 Å². The van der Waals surface area contributed by atoms with E-state index < -0.39 is 0 Å². The fraction of sp³-hybridized carbons (Fsp3) is 0.889. The third kappa shape index (κ3) is 2.88. The van der Waals surface area contributed by atoms with E-state index in [-0.39, 0.29) is 11.1 Å². The summed E-state index contributed by atoms with van der Waals surface area (Å²) in [6, 6.07) is 0. The van der Waals surface area contributed by atoms with Crippen LogP contribution in [0.5, 0.6) is 0 Å². The predicted octanol–water partition coefficient (Wildman–Crippen LogP) is 0.746. The van der Waals surface area contributed by atoms with E-state index in [2.05, 4.69) is 43.4 Å². The van der Waals surface area contributed by atoms with Gasteiger partial charge in [-0.3, -0.25) is 5.43 Å². The van der Waals surface area contributed by atoms with Crippen molar-refractivity contribution in [2.45, 2.75) is 51.6 Å². The lowest BCUT2D eigenvalue weighted by molar-refractivity contribution is 0.373. The third-order valence-corrected chi connectivity index (χ3v) is 2.37. The first-order valence-electron chi connectivity index (χ1n) is 4.69. The summed E-state index contributed by atoms with van der Waals surface area (Å²) in [6.45, 7) is 8.54. The van der Waals surface area contributed by atoms with Crippen molar-refractivity contribution in [3.8, 4) is 0 Å². The number of hydrazine groups is 1. The Labute approximate surface area is 80.0 Å². The van der Waals surface area contributed by atoms with Gasteiger partial charge in [0.05, 0.1) is 5.54 Å². The molecule has 0 amide bonds. The van der Waals surface area contributed by atoms with Gasteiger partial charge >= 0.3 is 0 Å². The second-order valence-electron chi connectivity index (χ2n) is 4.93. The van der Waals surface area contributed by atoms with Crippen LogP contribution in [0.2, 0.25) is 0 Å². The fourth-order valence-electron chi connectivity index (χ4n) is 1.46. The molecule has 4 heteroatoms. The fourth-order valence-corrected chi connectivity index (χ4v) is 1.46. The third-order valence-electron chi connectivity index (χ3n) is 2.37. The number of nitrogens with one attached hydrogen (secondary N) is 2. The van der Waals surface area contributed by atoms with Crippen molar-refractivity contribution in [2.75, 3.05) is 0 Å². The van der Waals surface area contributed by atoms with E-state index in [4.69, 9.17) is 5.84 Å². The lowest BCUT2D eigenvalue weighted by Crippen LogP contribution is -2.50. The molecule has 4 nitrogen and oxygen atoms in total. The minimum Gasteiger partial charge on any atom is -0.350 e. The highest BCUT2D eigenvalue weighted by atomic mass is 15.4. The molecule has 0 aliphatic carbocycles. The van der Waals surface area contributed by atoms with Crippen LogP contribution in [0.4, 0.5) is 0 Å². The van der Waals surface area contributed by atoms with Crippen LogP contribution in [0.1, 0.15) is 40.5 Å². The molecule has 0 aromatic heterocycles. The van der Waals surface area contributed by atoms with Crippen LogP contribution >= 0.6 is 0 Å². The number of nitrogens with zero attached hydrogens (tertiary/aromatic N) is 1. The summed E-state index contributed by atoms with van der Waals surface area (Å²) in [6.07, 6.45) is 2.16. The number of rotatable bonds is 0. The summed E-state index contributed by atoms with van der Waals surface area (Å²) in [5, 5.41) is 3.27. The molecule has 0 aromatic carbocycles. The standard InChI is InChI=1S/C9H20N4/c1-8(2)5-6-9(3,4)12-7(11-8)13-10/h5-6,10H2,1-4H3,(H2,11,12,13). The molecular weight excluding hydrogens is 164 g/mol. The maximum absolute atomic E-state index is 5.37. The Kier molecular flexibility index (Phi) is 2.52. The highest BCUT2D eigenvalue weighted by molar-refractivity contribution is 5.80. The maximum atomic E-state index is 5.37. The molecule has 13 heavy (non-hydrogen) atoms. The molecule has 0 aromatic rings. The summed E-state index contributed by atoms with van der Waals surface area (Å²) in [4.78, 5) is 4.49. The second-order valence-corrected chi connectivity index (χ2v) is 4.93. The molecule has 1 rings (SSSR count). The van der Waals surface area contributed by atoms with Gasteiger partial charge in [0.15, 0.2) is 0 Å². The molecule has 0 saturated carbocycles. The molecule has 1 aliphatic heterocycles. The topological polar surface area (TPSA) is 62.4 Å². The van der Waals surface area contributed by atoms with Gasteiger partial charge < -0.3 is 5.32 Å². The Hall–Kier alpha value is -0.770. The van der Waals surface area contributed by atoms with Gasteiger partial charge in [0, 0.05) is 5.54 Å². The summed E-state index contributed by atoms with van der Waals surface area (Å²) in [7, 11) is 0. The van der Waals surface area contributed by atoms with E-state index in [1.165, 1.54) is 0 Å². The average molecular weight is 184 g/mol. The molecule has 0 bridgehead atoms. The first kappa shape index (κ1) is 10.3. The van der Waals surface area contributed by atoms with Crippen molar-refractivity contribution < 1.29 is 0 Å². The molecule has 0 fully saturated rings. The lowest BCUT2D eigenvalue weighted by atomic mass is 9.91. The monoisotopic (exact) mass is 184 g/mol. The Morgan fingerprint density at radius 1 is 1.31 bits per heavy atom. The summed E-state index contributed by atoms with van der Waals surface area (Å²) >= 11 is 0. The number of aliphatic imine (C=N–C) groups is 1. The molecule has 0 radical (unpaired) electrons. The van der Waals surface area contributed by atoms with E-state index in [9.17, 15) is 0 Å². The van der Waals surface area contributed by atoms with Gasteiger partial charge in [0.1, 0.15) is 0 Å². The van der Waals surface area contributed by atoms with Gasteiger partial charge in [0.2, 0.25) is 5.96 Å². The zero-order valence-electron chi connectivity index (χ0n) is 8.94. The van der Waals surface area contributed by atoms with Crippen molar-refractivity contribution in [1.29, 1.82) is 0 Å². The molecule has 0 spiro atoms. The zero-order chi connectivity index (χ0) is 10.1. The minimum atomic E-state index is -0.0253. The number of guanidine groups is 1. The lowest BCUT2D eigenvalue weighted by Gasteiger charge is -2.25. The number of hydrogen-bond donors (Lipinski definition) is 3. The maximum Gasteiger partial charge on any atom is 0.206 e. The van der Waals surface area contributed by atoms with E-state index in [1.54, 1.807) is 0 Å². The quantitative estimate of drug-likeness (QED) is 0.384. The Balaban J connectivity index is 2.85. The van der Waals surface area contributed by atoms with Gasteiger partial charge in [-0.2, -0.15) is 0 Å². The van der Waals surface area contributed by atoms with Crippen LogP contribution in [0, 0.1) is 0 Å². The number of nitrogens with two attached hydrogens (primary N) is 1. The predicted molar refractivity (Wildman–Crippen MR) is 55.3 cm³/mol. The summed E-state index contributed by atoms with van der Waals surface area (Å²) in [5.74, 6) is 6.06. The van der Waals surface area contributed by atoms with Gasteiger partial charge in [0.25, 0.3) is 0 Å². The molecule has 0 saturated heterocycles. The van der Waals surface area contributed by atoms with Crippen molar-refractivity contribution in [3.05, 3.63) is 0 Å². The Morgan fingerprint density at radius 3 is 2.46 bits per heavy atom. The molecule has 0 unspecified atom stereocenters. The van der Waals surface area contributed by atoms with Crippen LogP contribution in [0.25, 0.3) is 0 Å². The van der Waals surface area contributed by atoms with Crippen molar-refractivity contribution in [3.63, 3.8) is 0 Å². The van der Waals surface area contributed by atoms with Gasteiger partial charge in [-0.05, 0) is 40.5 Å². The largest absolute Gasteiger partial charge is 0.350 e. The average Bonchev–Trinajstić information content (AvgIpc) is 2.08. The van der Waals surface area contributed by atoms with Crippen LogP contribution in [-0.2, 0) is 0 Å². The second kappa shape index (κ2) is 3.18. The molecule has 1 heterocycles. The highest BCUT2D eigenvalue weighted by Gasteiger charge is 2.28. The normalized spacial score (nSPS) is 25.5. The molecular formula is C9H20N4. The number of hydrogen-bond acceptors (Lipinski definition) is 4. The van der Waals surface area contributed by atoms with Gasteiger partial charge in [-0.1, -0.05) is 0 Å². The van der Waals surface area contributed by atoms with Crippen LogP contribution in [0.3, 0.4) is 0 Å². The summed E-state index contributed by atoms with van der Waals surface area (Å²) in [5.41, 5.74) is 2.64. The van der Waals surface area contributed by atoms with Crippen molar-refractivity contribution in [1.82, 2.24) is 10.7 Å². The Bertz CT molecular complexity index is 218. The van der Waals surface area contributed by atoms with E-state index in [0.717, 1.165) is 12.8 Å². The van der Waals surface area contributed by atoms with E-state index in [0.29, 0.717) is 5.96 Å². The van der Waals surface area contributed by atoms with Crippen LogP contribution < -0.4 is 16.6 Å².